The normalized spacial score (nSPS) is 10.8. The number of aryl methyl sites for hydroxylation is 2. The number of hydrazone groups is 1. The Balaban J connectivity index is 2.13. The summed E-state index contributed by atoms with van der Waals surface area (Å²) in [5.41, 5.74) is 3.55. The van der Waals surface area contributed by atoms with Crippen LogP contribution in [0.25, 0.3) is 0 Å². The van der Waals surface area contributed by atoms with Crippen molar-refractivity contribution in [3.8, 4) is 11.5 Å². The van der Waals surface area contributed by atoms with Gasteiger partial charge in [-0.3, -0.25) is 4.79 Å². The third kappa shape index (κ3) is 3.84. The molecule has 0 bridgehead atoms. The van der Waals surface area contributed by atoms with E-state index < -0.39 is 0 Å². The highest BCUT2D eigenvalue weighted by Crippen LogP contribution is 2.35. The van der Waals surface area contributed by atoms with Crippen LogP contribution in [-0.4, -0.2) is 26.3 Å². The predicted molar refractivity (Wildman–Crippen MR) is 87.8 cm³/mol. The fourth-order valence-corrected chi connectivity index (χ4v) is 2.39. The van der Waals surface area contributed by atoms with E-state index in [4.69, 9.17) is 25.5 Å². The van der Waals surface area contributed by atoms with Crippen molar-refractivity contribution in [3.63, 3.8) is 0 Å². The van der Waals surface area contributed by atoms with Gasteiger partial charge in [0.2, 0.25) is 0 Å². The molecule has 0 atom stereocenters. The van der Waals surface area contributed by atoms with Crippen LogP contribution in [0.3, 0.4) is 0 Å². The molecule has 7 heteroatoms. The largest absolute Gasteiger partial charge is 0.493 e. The van der Waals surface area contributed by atoms with Crippen LogP contribution < -0.4 is 14.9 Å². The Bertz CT molecular complexity index is 753. The molecule has 0 aliphatic heterocycles. The Hall–Kier alpha value is -2.47. The smallest absolute Gasteiger partial charge is 0.274 e. The molecule has 0 aliphatic rings. The van der Waals surface area contributed by atoms with Crippen molar-refractivity contribution in [2.75, 3.05) is 14.2 Å². The molecule has 0 aliphatic carbocycles. The highest BCUT2D eigenvalue weighted by molar-refractivity contribution is 6.32. The molecule has 0 fully saturated rings. The van der Waals surface area contributed by atoms with Gasteiger partial charge >= 0.3 is 0 Å². The molecular weight excluding hydrogens is 320 g/mol. The number of rotatable bonds is 5. The molecule has 1 amide bonds. The van der Waals surface area contributed by atoms with Crippen LogP contribution in [0, 0.1) is 13.8 Å². The van der Waals surface area contributed by atoms with Crippen LogP contribution in [0.4, 0.5) is 0 Å². The van der Waals surface area contributed by atoms with Crippen LogP contribution in [-0.2, 0) is 0 Å². The molecule has 2 rings (SSSR count). The first-order valence-electron chi connectivity index (χ1n) is 6.78. The molecule has 0 saturated carbocycles. The van der Waals surface area contributed by atoms with Gasteiger partial charge in [-0.05, 0) is 37.6 Å². The maximum Gasteiger partial charge on any atom is 0.274 e. The Morgan fingerprint density at radius 3 is 2.57 bits per heavy atom. The lowest BCUT2D eigenvalue weighted by Gasteiger charge is -2.09. The van der Waals surface area contributed by atoms with E-state index >= 15 is 0 Å². The second-order valence-corrected chi connectivity index (χ2v) is 5.17. The summed E-state index contributed by atoms with van der Waals surface area (Å²) >= 11 is 6.11. The van der Waals surface area contributed by atoms with Gasteiger partial charge in [0.05, 0.1) is 31.0 Å². The van der Waals surface area contributed by atoms with Gasteiger partial charge in [-0.2, -0.15) is 5.10 Å². The lowest BCUT2D eigenvalue weighted by atomic mass is 10.2. The Morgan fingerprint density at radius 1 is 1.26 bits per heavy atom. The number of nitrogens with one attached hydrogen (secondary N) is 1. The molecule has 6 nitrogen and oxygen atoms in total. The highest BCUT2D eigenvalue weighted by Gasteiger charge is 2.13. The zero-order valence-corrected chi connectivity index (χ0v) is 14.0. The van der Waals surface area contributed by atoms with Crippen molar-refractivity contribution in [1.82, 2.24) is 5.43 Å². The fourth-order valence-electron chi connectivity index (χ4n) is 2.09. The number of methoxy groups -OCH3 is 2. The number of nitrogens with zero attached hydrogens (tertiary/aromatic N) is 1. The van der Waals surface area contributed by atoms with Crippen molar-refractivity contribution in [3.05, 3.63) is 45.9 Å². The van der Waals surface area contributed by atoms with Gasteiger partial charge < -0.3 is 13.9 Å². The third-order valence-electron chi connectivity index (χ3n) is 3.12. The summed E-state index contributed by atoms with van der Waals surface area (Å²) in [7, 11) is 3.02. The van der Waals surface area contributed by atoms with Gasteiger partial charge in [-0.1, -0.05) is 11.6 Å². The number of benzene rings is 1. The Kier molecular flexibility index (Phi) is 5.28. The molecule has 23 heavy (non-hydrogen) atoms. The second-order valence-electron chi connectivity index (χ2n) is 4.76. The van der Waals surface area contributed by atoms with Crippen molar-refractivity contribution < 1.29 is 18.7 Å². The SMILES string of the molecule is COc1cc(/C=N\NC(=O)c2cc(C)oc2C)cc(Cl)c1OC. The van der Waals surface area contributed by atoms with Gasteiger partial charge in [-0.15, -0.1) is 0 Å². The number of hydrogen-bond donors (Lipinski definition) is 1. The van der Waals surface area contributed by atoms with Crippen LogP contribution in [0.15, 0.2) is 27.7 Å². The number of hydrogen-bond acceptors (Lipinski definition) is 5. The first kappa shape index (κ1) is 16.9. The standard InChI is InChI=1S/C16H17ClN2O4/c1-9-5-12(10(2)23-9)16(20)19-18-8-11-6-13(17)15(22-4)14(7-11)21-3/h5-8H,1-4H3,(H,19,20)/b18-8-. The minimum Gasteiger partial charge on any atom is -0.493 e. The van der Waals surface area contributed by atoms with E-state index in [1.807, 2.05) is 0 Å². The van der Waals surface area contributed by atoms with Crippen molar-refractivity contribution in [2.24, 2.45) is 5.10 Å². The zero-order chi connectivity index (χ0) is 17.0. The van der Waals surface area contributed by atoms with E-state index in [2.05, 4.69) is 10.5 Å². The van der Waals surface area contributed by atoms with Gasteiger partial charge in [0, 0.05) is 0 Å². The summed E-state index contributed by atoms with van der Waals surface area (Å²) in [5.74, 6) is 1.80. The monoisotopic (exact) mass is 336 g/mol. The number of ether oxygens (including phenoxy) is 2. The molecule has 0 radical (unpaired) electrons. The molecule has 0 saturated heterocycles. The summed E-state index contributed by atoms with van der Waals surface area (Å²) in [4.78, 5) is 12.0. The summed E-state index contributed by atoms with van der Waals surface area (Å²) in [6.07, 6.45) is 1.47. The average molecular weight is 337 g/mol. The molecule has 1 aromatic heterocycles. The molecule has 2 aromatic rings. The van der Waals surface area contributed by atoms with Gasteiger partial charge in [0.25, 0.3) is 5.91 Å². The molecule has 1 heterocycles. The van der Waals surface area contributed by atoms with Crippen LogP contribution in [0.2, 0.25) is 5.02 Å². The van der Waals surface area contributed by atoms with E-state index in [1.54, 1.807) is 32.0 Å². The number of furan rings is 1. The van der Waals surface area contributed by atoms with Crippen LogP contribution in [0.1, 0.15) is 27.4 Å². The number of carbonyl (C=O) groups excluding carboxylic acids is 1. The summed E-state index contributed by atoms with van der Waals surface area (Å²) in [6.45, 7) is 3.50. The minimum atomic E-state index is -0.345. The van der Waals surface area contributed by atoms with E-state index in [1.165, 1.54) is 20.4 Å². The lowest BCUT2D eigenvalue weighted by molar-refractivity contribution is 0.0953. The topological polar surface area (TPSA) is 73.1 Å². The minimum absolute atomic E-state index is 0.345. The molecule has 0 spiro atoms. The molecule has 1 N–H and O–H groups in total. The zero-order valence-electron chi connectivity index (χ0n) is 13.3. The van der Waals surface area contributed by atoms with E-state index in [0.717, 1.165) is 0 Å². The van der Waals surface area contributed by atoms with E-state index in [-0.39, 0.29) is 5.91 Å². The summed E-state index contributed by atoms with van der Waals surface area (Å²) in [6, 6.07) is 5.02. The fraction of sp³-hybridized carbons (Fsp3) is 0.250. The second kappa shape index (κ2) is 7.19. The highest BCUT2D eigenvalue weighted by atomic mass is 35.5. The van der Waals surface area contributed by atoms with Gasteiger partial charge in [-0.25, -0.2) is 5.43 Å². The predicted octanol–water partition coefficient (Wildman–Crippen LogP) is 3.33. The quantitative estimate of drug-likeness (QED) is 0.671. The van der Waals surface area contributed by atoms with Gasteiger partial charge in [0.15, 0.2) is 11.5 Å². The van der Waals surface area contributed by atoms with E-state index in [0.29, 0.717) is 39.2 Å². The lowest BCUT2D eigenvalue weighted by Crippen LogP contribution is -2.17. The molecular formula is C16H17ClN2O4. The third-order valence-corrected chi connectivity index (χ3v) is 3.40. The first-order chi connectivity index (χ1) is 11.0. The number of amides is 1. The maximum absolute atomic E-state index is 12.0. The summed E-state index contributed by atoms with van der Waals surface area (Å²) in [5, 5.41) is 4.31. The summed E-state index contributed by atoms with van der Waals surface area (Å²) < 4.78 is 15.7. The average Bonchev–Trinajstić information content (AvgIpc) is 2.85. The van der Waals surface area contributed by atoms with Crippen LogP contribution >= 0.6 is 11.6 Å². The molecule has 1 aromatic carbocycles. The van der Waals surface area contributed by atoms with Crippen molar-refractivity contribution >= 4 is 23.7 Å². The number of halogens is 1. The molecule has 0 unspecified atom stereocenters. The molecule has 122 valence electrons. The van der Waals surface area contributed by atoms with Crippen molar-refractivity contribution in [2.45, 2.75) is 13.8 Å². The van der Waals surface area contributed by atoms with Gasteiger partial charge in [0.1, 0.15) is 11.5 Å². The first-order valence-corrected chi connectivity index (χ1v) is 7.16. The maximum atomic E-state index is 12.0. The van der Waals surface area contributed by atoms with Crippen molar-refractivity contribution in [1.29, 1.82) is 0 Å². The Labute approximate surface area is 139 Å². The number of carbonyl (C=O) groups is 1. The van der Waals surface area contributed by atoms with E-state index in [9.17, 15) is 4.79 Å². The van der Waals surface area contributed by atoms with Crippen LogP contribution in [0.5, 0.6) is 11.5 Å². The Morgan fingerprint density at radius 2 is 2.00 bits per heavy atom.